The molecule has 0 aliphatic carbocycles. The molecule has 0 spiro atoms. The molecule has 0 saturated carbocycles. The van der Waals surface area contributed by atoms with Crippen LogP contribution in [0.25, 0.3) is 0 Å². The zero-order chi connectivity index (χ0) is 12.8. The summed E-state index contributed by atoms with van der Waals surface area (Å²) in [4.78, 5) is 21.8. The van der Waals surface area contributed by atoms with Crippen LogP contribution in [0, 0.1) is 10.1 Å². The second-order valence-corrected chi connectivity index (χ2v) is 3.34. The van der Waals surface area contributed by atoms with Gasteiger partial charge in [-0.05, 0) is 0 Å². The molecule has 0 aliphatic rings. The fraction of sp³-hybridized carbons (Fsp3) is 0.364. The molecule has 1 aromatic rings. The standard InChI is InChI=1S/C11H13NO5/c1-16-11(17-2)7-10(13)8-4-3-5-9(6-8)12(14)15/h3-6,11H,7H2,1-2H3. The van der Waals surface area contributed by atoms with Gasteiger partial charge in [-0.2, -0.15) is 0 Å². The van der Waals surface area contributed by atoms with Gasteiger partial charge in [0.1, 0.15) is 0 Å². The molecule has 0 atom stereocenters. The molecule has 1 aromatic carbocycles. The lowest BCUT2D eigenvalue weighted by atomic mass is 10.1. The first kappa shape index (κ1) is 13.3. The molecule has 0 unspecified atom stereocenters. The van der Waals surface area contributed by atoms with E-state index >= 15 is 0 Å². The molecule has 0 saturated heterocycles. The normalized spacial score (nSPS) is 10.5. The van der Waals surface area contributed by atoms with Gasteiger partial charge in [0.15, 0.2) is 12.1 Å². The summed E-state index contributed by atoms with van der Waals surface area (Å²) in [5.41, 5.74) is 0.167. The van der Waals surface area contributed by atoms with E-state index < -0.39 is 11.2 Å². The lowest BCUT2D eigenvalue weighted by Crippen LogP contribution is -2.18. The molecule has 0 bridgehead atoms. The number of ketones is 1. The van der Waals surface area contributed by atoms with Crippen LogP contribution in [-0.4, -0.2) is 31.2 Å². The van der Waals surface area contributed by atoms with Crippen molar-refractivity contribution in [3.05, 3.63) is 39.9 Å². The van der Waals surface area contributed by atoms with Crippen molar-refractivity contribution in [2.75, 3.05) is 14.2 Å². The largest absolute Gasteiger partial charge is 0.355 e. The van der Waals surface area contributed by atoms with Gasteiger partial charge < -0.3 is 9.47 Å². The van der Waals surface area contributed by atoms with Crippen LogP contribution in [0.5, 0.6) is 0 Å². The van der Waals surface area contributed by atoms with Gasteiger partial charge in [-0.3, -0.25) is 14.9 Å². The maximum absolute atomic E-state index is 11.8. The lowest BCUT2D eigenvalue weighted by Gasteiger charge is -2.11. The molecule has 17 heavy (non-hydrogen) atoms. The van der Waals surface area contributed by atoms with E-state index in [0.717, 1.165) is 0 Å². The number of carbonyl (C=O) groups excluding carboxylic acids is 1. The summed E-state index contributed by atoms with van der Waals surface area (Å²) in [5.74, 6) is -0.262. The Balaban J connectivity index is 2.82. The second-order valence-electron chi connectivity index (χ2n) is 3.34. The van der Waals surface area contributed by atoms with Crippen LogP contribution < -0.4 is 0 Å². The Bertz CT molecular complexity index is 414. The van der Waals surface area contributed by atoms with Gasteiger partial charge in [0.25, 0.3) is 5.69 Å². The van der Waals surface area contributed by atoms with Crippen molar-refractivity contribution < 1.29 is 19.2 Å². The summed E-state index contributed by atoms with van der Waals surface area (Å²) in [6.07, 6.45) is -0.615. The third-order valence-electron chi connectivity index (χ3n) is 2.26. The van der Waals surface area contributed by atoms with Gasteiger partial charge in [-0.15, -0.1) is 0 Å². The van der Waals surface area contributed by atoms with Crippen LogP contribution in [0.15, 0.2) is 24.3 Å². The molecule has 0 N–H and O–H groups in total. The van der Waals surface area contributed by atoms with Crippen molar-refractivity contribution in [3.8, 4) is 0 Å². The summed E-state index contributed by atoms with van der Waals surface area (Å²) in [6, 6.07) is 5.57. The van der Waals surface area contributed by atoms with Crippen molar-refractivity contribution in [1.82, 2.24) is 0 Å². The van der Waals surface area contributed by atoms with Crippen molar-refractivity contribution in [3.63, 3.8) is 0 Å². The smallest absolute Gasteiger partial charge is 0.270 e. The quantitative estimate of drug-likeness (QED) is 0.327. The number of ether oxygens (including phenoxy) is 2. The maximum Gasteiger partial charge on any atom is 0.270 e. The Morgan fingerprint density at radius 3 is 2.59 bits per heavy atom. The van der Waals surface area contributed by atoms with E-state index in [9.17, 15) is 14.9 Å². The number of rotatable bonds is 6. The van der Waals surface area contributed by atoms with Crippen LogP contribution in [-0.2, 0) is 9.47 Å². The number of Topliss-reactive ketones (excluding diaryl/α,β-unsaturated/α-hetero) is 1. The maximum atomic E-state index is 11.8. The Morgan fingerprint density at radius 1 is 1.41 bits per heavy atom. The number of nitro groups is 1. The van der Waals surface area contributed by atoms with Crippen molar-refractivity contribution in [2.24, 2.45) is 0 Å². The molecule has 0 heterocycles. The van der Waals surface area contributed by atoms with Crippen molar-refractivity contribution in [2.45, 2.75) is 12.7 Å². The number of methoxy groups -OCH3 is 2. The highest BCUT2D eigenvalue weighted by molar-refractivity contribution is 5.96. The first-order valence-electron chi connectivity index (χ1n) is 4.91. The minimum absolute atomic E-state index is 0.0220. The highest BCUT2D eigenvalue weighted by Gasteiger charge is 2.16. The number of nitro benzene ring substituents is 1. The summed E-state index contributed by atoms with van der Waals surface area (Å²) in [7, 11) is 2.85. The topological polar surface area (TPSA) is 78.7 Å². The average Bonchev–Trinajstić information content (AvgIpc) is 2.35. The Kier molecular flexibility index (Phi) is 4.74. The third-order valence-corrected chi connectivity index (χ3v) is 2.26. The lowest BCUT2D eigenvalue weighted by molar-refractivity contribution is -0.384. The highest BCUT2D eigenvalue weighted by atomic mass is 16.7. The van der Waals surface area contributed by atoms with E-state index in [1.165, 1.54) is 38.5 Å². The zero-order valence-electron chi connectivity index (χ0n) is 9.58. The predicted molar refractivity (Wildman–Crippen MR) is 59.8 cm³/mol. The van der Waals surface area contributed by atoms with Gasteiger partial charge in [-0.25, -0.2) is 0 Å². The van der Waals surface area contributed by atoms with Crippen LogP contribution in [0.4, 0.5) is 5.69 Å². The average molecular weight is 239 g/mol. The number of nitrogens with zero attached hydrogens (tertiary/aromatic N) is 1. The minimum Gasteiger partial charge on any atom is -0.355 e. The van der Waals surface area contributed by atoms with Gasteiger partial charge in [0, 0.05) is 31.9 Å². The van der Waals surface area contributed by atoms with Crippen molar-refractivity contribution >= 4 is 11.5 Å². The van der Waals surface area contributed by atoms with E-state index in [-0.39, 0.29) is 23.5 Å². The molecular weight excluding hydrogens is 226 g/mol. The van der Waals surface area contributed by atoms with Crippen LogP contribution in [0.2, 0.25) is 0 Å². The molecule has 92 valence electrons. The van der Waals surface area contributed by atoms with E-state index in [2.05, 4.69) is 0 Å². The summed E-state index contributed by atoms with van der Waals surface area (Å²) >= 11 is 0. The molecule has 0 aromatic heterocycles. The zero-order valence-corrected chi connectivity index (χ0v) is 9.58. The number of carbonyl (C=O) groups is 1. The molecule has 0 fully saturated rings. The second kappa shape index (κ2) is 6.07. The first-order chi connectivity index (χ1) is 8.08. The molecule has 1 rings (SSSR count). The van der Waals surface area contributed by atoms with Gasteiger partial charge in [-0.1, -0.05) is 12.1 Å². The van der Waals surface area contributed by atoms with Crippen LogP contribution in [0.1, 0.15) is 16.8 Å². The number of benzene rings is 1. The predicted octanol–water partition coefficient (Wildman–Crippen LogP) is 1.79. The van der Waals surface area contributed by atoms with E-state index in [1.54, 1.807) is 0 Å². The Hall–Kier alpha value is -1.79. The summed E-state index contributed by atoms with van der Waals surface area (Å²) < 4.78 is 9.78. The van der Waals surface area contributed by atoms with E-state index in [0.29, 0.717) is 0 Å². The van der Waals surface area contributed by atoms with Crippen LogP contribution in [0.3, 0.4) is 0 Å². The van der Waals surface area contributed by atoms with Crippen LogP contribution >= 0.6 is 0 Å². The number of hydrogen-bond acceptors (Lipinski definition) is 5. The van der Waals surface area contributed by atoms with Crippen molar-refractivity contribution in [1.29, 1.82) is 0 Å². The van der Waals surface area contributed by atoms with E-state index in [4.69, 9.17) is 9.47 Å². The van der Waals surface area contributed by atoms with Gasteiger partial charge >= 0.3 is 0 Å². The molecule has 0 radical (unpaired) electrons. The Labute approximate surface area is 98.3 Å². The van der Waals surface area contributed by atoms with E-state index in [1.807, 2.05) is 0 Å². The molecule has 6 heteroatoms. The van der Waals surface area contributed by atoms with Gasteiger partial charge in [0.05, 0.1) is 11.3 Å². The number of hydrogen-bond donors (Lipinski definition) is 0. The summed E-state index contributed by atoms with van der Waals surface area (Å²) in [5, 5.41) is 10.6. The fourth-order valence-corrected chi connectivity index (χ4v) is 1.33. The highest BCUT2D eigenvalue weighted by Crippen LogP contribution is 2.15. The SMILES string of the molecule is COC(CC(=O)c1cccc([N+](=O)[O-])c1)OC. The monoisotopic (exact) mass is 239 g/mol. The molecule has 0 amide bonds. The third kappa shape index (κ3) is 3.61. The molecular formula is C11H13NO5. The minimum atomic E-state index is -0.637. The Morgan fingerprint density at radius 2 is 2.06 bits per heavy atom. The molecule has 6 nitrogen and oxygen atoms in total. The number of non-ortho nitro benzene ring substituents is 1. The first-order valence-corrected chi connectivity index (χ1v) is 4.91. The summed E-state index contributed by atoms with van der Waals surface area (Å²) in [6.45, 7) is 0. The van der Waals surface area contributed by atoms with Gasteiger partial charge in [0.2, 0.25) is 0 Å². The molecule has 0 aliphatic heterocycles. The fourth-order valence-electron chi connectivity index (χ4n) is 1.33.